The average Bonchev–Trinajstić information content (AvgIpc) is 2.67. The van der Waals surface area contributed by atoms with Crippen LogP contribution < -0.4 is 9.64 Å². The van der Waals surface area contributed by atoms with E-state index in [9.17, 15) is 14.9 Å². The Morgan fingerprint density at radius 3 is 2.44 bits per heavy atom. The van der Waals surface area contributed by atoms with Crippen LogP contribution in [0, 0.1) is 10.1 Å². The van der Waals surface area contributed by atoms with Gasteiger partial charge in [-0.1, -0.05) is 33.6 Å². The molecule has 142 valence electrons. The molecule has 27 heavy (non-hydrogen) atoms. The van der Waals surface area contributed by atoms with E-state index in [1.165, 1.54) is 6.07 Å². The third-order valence-corrected chi connectivity index (χ3v) is 5.12. The van der Waals surface area contributed by atoms with Crippen LogP contribution in [0.25, 0.3) is 0 Å². The van der Waals surface area contributed by atoms with E-state index in [-0.39, 0.29) is 18.2 Å². The van der Waals surface area contributed by atoms with Crippen molar-refractivity contribution < 1.29 is 14.5 Å². The molecular weight excluding hydrogens is 438 g/mol. The molecule has 0 N–H and O–H groups in total. The molecule has 1 saturated heterocycles. The topological polar surface area (TPSA) is 75.9 Å². The van der Waals surface area contributed by atoms with E-state index in [0.717, 1.165) is 4.47 Å². The molecule has 0 radical (unpaired) electrons. The Kier molecular flexibility index (Phi) is 6.18. The molecule has 1 aliphatic rings. The number of carbonyl (C=O) groups excluding carboxylic acids is 1. The van der Waals surface area contributed by atoms with E-state index in [0.29, 0.717) is 42.6 Å². The zero-order chi connectivity index (χ0) is 19.4. The lowest BCUT2D eigenvalue weighted by Crippen LogP contribution is -2.50. The van der Waals surface area contributed by atoms with Gasteiger partial charge in [0.1, 0.15) is 11.4 Å². The van der Waals surface area contributed by atoms with Crippen molar-refractivity contribution in [3.8, 4) is 5.75 Å². The molecule has 0 bridgehead atoms. The van der Waals surface area contributed by atoms with Gasteiger partial charge in [0, 0.05) is 36.7 Å². The van der Waals surface area contributed by atoms with E-state index in [1.807, 2.05) is 17.0 Å². The van der Waals surface area contributed by atoms with Crippen LogP contribution in [0.1, 0.15) is 0 Å². The molecule has 0 aliphatic carbocycles. The quantitative estimate of drug-likeness (QED) is 0.508. The van der Waals surface area contributed by atoms with Crippen LogP contribution in [0.4, 0.5) is 11.4 Å². The lowest BCUT2D eigenvalue weighted by molar-refractivity contribution is -0.384. The normalized spacial score (nSPS) is 14.1. The first-order valence-corrected chi connectivity index (χ1v) is 9.47. The van der Waals surface area contributed by atoms with Crippen LogP contribution in [-0.4, -0.2) is 48.5 Å². The van der Waals surface area contributed by atoms with Gasteiger partial charge in [0.05, 0.1) is 9.95 Å². The van der Waals surface area contributed by atoms with Crippen molar-refractivity contribution in [2.24, 2.45) is 0 Å². The molecule has 2 aromatic rings. The number of ether oxygens (including phenoxy) is 1. The van der Waals surface area contributed by atoms with Crippen molar-refractivity contribution >= 4 is 44.8 Å². The number of rotatable bonds is 5. The molecule has 7 nitrogen and oxygen atoms in total. The first kappa shape index (κ1) is 19.4. The van der Waals surface area contributed by atoms with Gasteiger partial charge in [0.15, 0.2) is 6.61 Å². The Morgan fingerprint density at radius 2 is 1.81 bits per heavy atom. The number of nitro benzene ring substituents is 1. The Bertz CT molecular complexity index is 839. The highest BCUT2D eigenvalue weighted by atomic mass is 79.9. The summed E-state index contributed by atoms with van der Waals surface area (Å²) in [4.78, 5) is 26.7. The zero-order valence-corrected chi connectivity index (χ0v) is 16.6. The number of hydrogen-bond donors (Lipinski definition) is 0. The standard InChI is InChI=1S/C18H17BrClN3O4/c19-13-4-6-14(7-5-13)27-12-17(24)21-8-10-22(11-9-21)18-15(20)2-1-3-16(18)23(25)26/h1-7H,8-12H2. The summed E-state index contributed by atoms with van der Waals surface area (Å²) in [6.45, 7) is 1.78. The predicted octanol–water partition coefficient (Wildman–Crippen LogP) is 3.74. The van der Waals surface area contributed by atoms with Crippen LogP contribution in [0.3, 0.4) is 0 Å². The first-order chi connectivity index (χ1) is 13.0. The van der Waals surface area contributed by atoms with Gasteiger partial charge in [-0.2, -0.15) is 0 Å². The second kappa shape index (κ2) is 8.58. The summed E-state index contributed by atoms with van der Waals surface area (Å²) in [5.41, 5.74) is 0.378. The van der Waals surface area contributed by atoms with E-state index in [4.69, 9.17) is 16.3 Å². The molecule has 1 fully saturated rings. The summed E-state index contributed by atoms with van der Waals surface area (Å²) >= 11 is 9.53. The van der Waals surface area contributed by atoms with Crippen molar-refractivity contribution in [2.75, 3.05) is 37.7 Å². The van der Waals surface area contributed by atoms with Crippen molar-refractivity contribution in [3.63, 3.8) is 0 Å². The van der Waals surface area contributed by atoms with Gasteiger partial charge in [-0.15, -0.1) is 0 Å². The fourth-order valence-corrected chi connectivity index (χ4v) is 3.46. The van der Waals surface area contributed by atoms with Gasteiger partial charge >= 0.3 is 0 Å². The second-order valence-electron chi connectivity index (χ2n) is 5.98. The highest BCUT2D eigenvalue weighted by molar-refractivity contribution is 9.10. The fraction of sp³-hybridized carbons (Fsp3) is 0.278. The fourth-order valence-electron chi connectivity index (χ4n) is 2.91. The molecule has 0 unspecified atom stereocenters. The van der Waals surface area contributed by atoms with Gasteiger partial charge < -0.3 is 14.5 Å². The summed E-state index contributed by atoms with van der Waals surface area (Å²) in [5, 5.41) is 11.6. The molecule has 3 rings (SSSR count). The molecule has 1 heterocycles. The summed E-state index contributed by atoms with van der Waals surface area (Å²) in [7, 11) is 0. The first-order valence-electron chi connectivity index (χ1n) is 8.29. The minimum Gasteiger partial charge on any atom is -0.484 e. The average molecular weight is 455 g/mol. The second-order valence-corrected chi connectivity index (χ2v) is 7.30. The van der Waals surface area contributed by atoms with Gasteiger partial charge in [0.25, 0.3) is 11.6 Å². The molecule has 2 aromatic carbocycles. The van der Waals surface area contributed by atoms with E-state index in [1.54, 1.807) is 29.2 Å². The third-order valence-electron chi connectivity index (χ3n) is 4.29. The number of nitrogens with zero attached hydrogens (tertiary/aromatic N) is 3. The highest BCUT2D eigenvalue weighted by Crippen LogP contribution is 2.35. The highest BCUT2D eigenvalue weighted by Gasteiger charge is 2.27. The Hall–Kier alpha value is -2.32. The zero-order valence-electron chi connectivity index (χ0n) is 14.3. The number of carbonyl (C=O) groups is 1. The smallest absolute Gasteiger partial charge is 0.294 e. The molecule has 0 aromatic heterocycles. The largest absolute Gasteiger partial charge is 0.484 e. The Labute approximate surface area is 169 Å². The van der Waals surface area contributed by atoms with Gasteiger partial charge in [-0.3, -0.25) is 14.9 Å². The maximum absolute atomic E-state index is 12.4. The number of piperazine rings is 1. The van der Waals surface area contributed by atoms with Crippen LogP contribution >= 0.6 is 27.5 Å². The number of amides is 1. The van der Waals surface area contributed by atoms with Gasteiger partial charge in [-0.25, -0.2) is 0 Å². The van der Waals surface area contributed by atoms with Crippen LogP contribution in [0.2, 0.25) is 5.02 Å². The van der Waals surface area contributed by atoms with Crippen LogP contribution in [0.5, 0.6) is 5.75 Å². The van der Waals surface area contributed by atoms with Crippen LogP contribution in [-0.2, 0) is 4.79 Å². The molecular formula is C18H17BrClN3O4. The lowest BCUT2D eigenvalue weighted by Gasteiger charge is -2.36. The number of halogens is 2. The predicted molar refractivity (Wildman–Crippen MR) is 107 cm³/mol. The van der Waals surface area contributed by atoms with Crippen molar-refractivity contribution in [1.82, 2.24) is 4.90 Å². The summed E-state index contributed by atoms with van der Waals surface area (Å²) < 4.78 is 6.46. The minimum absolute atomic E-state index is 0.0270. The molecule has 0 saturated carbocycles. The van der Waals surface area contributed by atoms with Crippen molar-refractivity contribution in [3.05, 3.63) is 62.1 Å². The van der Waals surface area contributed by atoms with Crippen LogP contribution in [0.15, 0.2) is 46.9 Å². The van der Waals surface area contributed by atoms with E-state index < -0.39 is 4.92 Å². The van der Waals surface area contributed by atoms with Crippen molar-refractivity contribution in [1.29, 1.82) is 0 Å². The number of nitro groups is 1. The molecule has 9 heteroatoms. The van der Waals surface area contributed by atoms with Crippen molar-refractivity contribution in [2.45, 2.75) is 0 Å². The third kappa shape index (κ3) is 4.70. The Morgan fingerprint density at radius 1 is 1.15 bits per heavy atom. The minimum atomic E-state index is -0.440. The molecule has 1 amide bonds. The number of hydrogen-bond acceptors (Lipinski definition) is 5. The molecule has 0 spiro atoms. The van der Waals surface area contributed by atoms with E-state index >= 15 is 0 Å². The summed E-state index contributed by atoms with van der Waals surface area (Å²) in [5.74, 6) is 0.503. The lowest BCUT2D eigenvalue weighted by atomic mass is 10.2. The molecule has 1 aliphatic heterocycles. The Balaban J connectivity index is 1.58. The number of anilines is 1. The van der Waals surface area contributed by atoms with Gasteiger partial charge in [-0.05, 0) is 30.3 Å². The number of benzene rings is 2. The maximum Gasteiger partial charge on any atom is 0.294 e. The monoisotopic (exact) mass is 453 g/mol. The molecule has 0 atom stereocenters. The SMILES string of the molecule is O=C(COc1ccc(Br)cc1)N1CCN(c2c(Cl)cccc2[N+](=O)[O-])CC1. The summed E-state index contributed by atoms with van der Waals surface area (Å²) in [6.07, 6.45) is 0. The number of para-hydroxylation sites is 1. The van der Waals surface area contributed by atoms with Gasteiger partial charge in [0.2, 0.25) is 0 Å². The maximum atomic E-state index is 12.4. The van der Waals surface area contributed by atoms with E-state index in [2.05, 4.69) is 15.9 Å². The summed E-state index contributed by atoms with van der Waals surface area (Å²) in [6, 6.07) is 11.9.